The predicted octanol–water partition coefficient (Wildman–Crippen LogP) is 2.13. The van der Waals surface area contributed by atoms with Crippen LogP contribution in [0.2, 0.25) is 0 Å². The lowest BCUT2D eigenvalue weighted by molar-refractivity contribution is 0.227. The first-order valence-electron chi connectivity index (χ1n) is 6.91. The number of aliphatic hydroxyl groups excluding tert-OH is 1. The molecule has 0 aliphatic heterocycles. The molecule has 3 nitrogen and oxygen atoms in total. The molecular formula is C15H24N2O. The summed E-state index contributed by atoms with van der Waals surface area (Å²) in [6.07, 6.45) is 3.18. The highest BCUT2D eigenvalue weighted by Crippen LogP contribution is 2.36. The van der Waals surface area contributed by atoms with Gasteiger partial charge in [-0.2, -0.15) is 0 Å². The average molecular weight is 248 g/mol. The van der Waals surface area contributed by atoms with Gasteiger partial charge in [0, 0.05) is 18.7 Å². The summed E-state index contributed by atoms with van der Waals surface area (Å²) in [6, 6.07) is 9.03. The largest absolute Gasteiger partial charge is 0.396 e. The van der Waals surface area contributed by atoms with Crippen molar-refractivity contribution >= 4 is 0 Å². The molecule has 3 atom stereocenters. The number of rotatable bonds is 6. The molecule has 3 unspecified atom stereocenters. The van der Waals surface area contributed by atoms with E-state index in [1.54, 1.807) is 0 Å². The summed E-state index contributed by atoms with van der Waals surface area (Å²) in [7, 11) is 0. The number of fused-ring (bicyclic) bond motifs is 1. The number of hydrogen-bond acceptors (Lipinski definition) is 3. The summed E-state index contributed by atoms with van der Waals surface area (Å²) in [5.41, 5.74) is 8.79. The molecule has 0 saturated carbocycles. The molecule has 0 radical (unpaired) electrons. The molecule has 1 aromatic carbocycles. The lowest BCUT2D eigenvalue weighted by Crippen LogP contribution is -2.21. The van der Waals surface area contributed by atoms with Crippen molar-refractivity contribution in [1.82, 2.24) is 5.32 Å². The third-order valence-electron chi connectivity index (χ3n) is 3.84. The van der Waals surface area contributed by atoms with E-state index in [-0.39, 0.29) is 12.6 Å². The van der Waals surface area contributed by atoms with E-state index in [0.717, 1.165) is 25.8 Å². The first-order chi connectivity index (χ1) is 8.72. The zero-order chi connectivity index (χ0) is 13.0. The number of hydrogen-bond donors (Lipinski definition) is 3. The maximum atomic E-state index is 8.97. The van der Waals surface area contributed by atoms with E-state index in [2.05, 4.69) is 36.5 Å². The van der Waals surface area contributed by atoms with E-state index >= 15 is 0 Å². The Balaban J connectivity index is 1.82. The van der Waals surface area contributed by atoms with Gasteiger partial charge in [-0.3, -0.25) is 0 Å². The Hall–Kier alpha value is -0.900. The molecule has 4 N–H and O–H groups in total. The third-order valence-corrected chi connectivity index (χ3v) is 3.84. The number of benzene rings is 1. The van der Waals surface area contributed by atoms with E-state index < -0.39 is 0 Å². The summed E-state index contributed by atoms with van der Waals surface area (Å²) < 4.78 is 0. The van der Waals surface area contributed by atoms with Gasteiger partial charge in [0.15, 0.2) is 0 Å². The highest BCUT2D eigenvalue weighted by atomic mass is 16.3. The van der Waals surface area contributed by atoms with Crippen molar-refractivity contribution in [3.63, 3.8) is 0 Å². The fourth-order valence-corrected chi connectivity index (χ4v) is 2.69. The summed E-state index contributed by atoms with van der Waals surface area (Å²) in [6.45, 7) is 3.37. The van der Waals surface area contributed by atoms with Crippen molar-refractivity contribution in [3.8, 4) is 0 Å². The van der Waals surface area contributed by atoms with Crippen LogP contribution in [0.1, 0.15) is 49.4 Å². The van der Waals surface area contributed by atoms with Crippen molar-refractivity contribution in [1.29, 1.82) is 0 Å². The third kappa shape index (κ3) is 3.10. The van der Waals surface area contributed by atoms with Crippen molar-refractivity contribution in [2.24, 2.45) is 11.7 Å². The average Bonchev–Trinajstić information content (AvgIpc) is 2.72. The van der Waals surface area contributed by atoms with Crippen LogP contribution in [0.25, 0.3) is 0 Å². The molecule has 1 aliphatic carbocycles. The van der Waals surface area contributed by atoms with Gasteiger partial charge in [-0.05, 0) is 42.9 Å². The molecule has 0 aromatic heterocycles. The first kappa shape index (κ1) is 13.5. The van der Waals surface area contributed by atoms with Crippen LogP contribution < -0.4 is 11.1 Å². The van der Waals surface area contributed by atoms with Gasteiger partial charge in [-0.25, -0.2) is 0 Å². The van der Waals surface area contributed by atoms with Crippen LogP contribution in [-0.4, -0.2) is 18.3 Å². The molecule has 0 bridgehead atoms. The monoisotopic (exact) mass is 248 g/mol. The lowest BCUT2D eigenvalue weighted by atomic mass is 10.1. The molecular weight excluding hydrogens is 224 g/mol. The van der Waals surface area contributed by atoms with E-state index in [9.17, 15) is 0 Å². The second-order valence-corrected chi connectivity index (χ2v) is 5.41. The van der Waals surface area contributed by atoms with Crippen molar-refractivity contribution in [2.75, 3.05) is 13.2 Å². The minimum atomic E-state index is 0.176. The molecule has 1 aromatic rings. The van der Waals surface area contributed by atoms with Crippen LogP contribution >= 0.6 is 0 Å². The molecule has 0 fully saturated rings. The summed E-state index contributed by atoms with van der Waals surface area (Å²) >= 11 is 0. The van der Waals surface area contributed by atoms with Crippen LogP contribution in [0.4, 0.5) is 0 Å². The lowest BCUT2D eigenvalue weighted by Gasteiger charge is -2.15. The Morgan fingerprint density at radius 1 is 1.39 bits per heavy atom. The van der Waals surface area contributed by atoms with Gasteiger partial charge in [0.2, 0.25) is 0 Å². The number of nitrogens with two attached hydrogens (primary N) is 1. The summed E-state index contributed by atoms with van der Waals surface area (Å²) in [4.78, 5) is 0. The number of nitrogens with one attached hydrogen (secondary N) is 1. The Morgan fingerprint density at radius 2 is 2.11 bits per heavy atom. The van der Waals surface area contributed by atoms with Crippen LogP contribution in [0.15, 0.2) is 24.3 Å². The van der Waals surface area contributed by atoms with E-state index in [4.69, 9.17) is 10.8 Å². The van der Waals surface area contributed by atoms with E-state index in [0.29, 0.717) is 12.0 Å². The zero-order valence-electron chi connectivity index (χ0n) is 11.1. The van der Waals surface area contributed by atoms with Crippen LogP contribution in [0.3, 0.4) is 0 Å². The van der Waals surface area contributed by atoms with Gasteiger partial charge in [0.05, 0.1) is 0 Å². The first-order valence-corrected chi connectivity index (χ1v) is 6.91. The number of aliphatic hydroxyl groups is 1. The van der Waals surface area contributed by atoms with Crippen molar-refractivity contribution in [2.45, 2.75) is 38.3 Å². The van der Waals surface area contributed by atoms with Gasteiger partial charge in [0.25, 0.3) is 0 Å². The Morgan fingerprint density at radius 3 is 2.83 bits per heavy atom. The molecule has 0 amide bonds. The normalized spacial score (nSPS) is 23.9. The summed E-state index contributed by atoms with van der Waals surface area (Å²) in [5.74, 6) is 0.407. The quantitative estimate of drug-likeness (QED) is 0.676. The Bertz CT molecular complexity index is 381. The maximum Gasteiger partial charge on any atom is 0.0456 e. The molecule has 2 rings (SSSR count). The van der Waals surface area contributed by atoms with Gasteiger partial charge >= 0.3 is 0 Å². The Labute approximate surface area is 109 Å². The molecule has 0 heterocycles. The van der Waals surface area contributed by atoms with Crippen LogP contribution in [0, 0.1) is 5.92 Å². The van der Waals surface area contributed by atoms with E-state index in [1.807, 2.05) is 0 Å². The maximum absolute atomic E-state index is 8.97. The topological polar surface area (TPSA) is 58.3 Å². The fraction of sp³-hybridized carbons (Fsp3) is 0.600. The van der Waals surface area contributed by atoms with Crippen molar-refractivity contribution in [3.05, 3.63) is 35.4 Å². The summed E-state index contributed by atoms with van der Waals surface area (Å²) in [5, 5.41) is 12.6. The van der Waals surface area contributed by atoms with Crippen LogP contribution in [-0.2, 0) is 0 Å². The Kier molecular flexibility index (Phi) is 4.75. The standard InChI is InChI=1S/C15H24N2O/c1-11(10-18)5-4-8-17-15-9-14(16)12-6-2-3-7-13(12)15/h2-3,6-7,11,14-15,17-18H,4-5,8-10,16H2,1H3. The minimum Gasteiger partial charge on any atom is -0.396 e. The predicted molar refractivity (Wildman–Crippen MR) is 74.2 cm³/mol. The SMILES string of the molecule is CC(CO)CCCNC1CC(N)c2ccccc21. The van der Waals surface area contributed by atoms with Crippen molar-refractivity contribution < 1.29 is 5.11 Å². The molecule has 1 aliphatic rings. The van der Waals surface area contributed by atoms with E-state index in [1.165, 1.54) is 11.1 Å². The van der Waals surface area contributed by atoms with Gasteiger partial charge in [-0.1, -0.05) is 31.2 Å². The highest BCUT2D eigenvalue weighted by molar-refractivity contribution is 5.37. The van der Waals surface area contributed by atoms with Crippen LogP contribution in [0.5, 0.6) is 0 Å². The smallest absolute Gasteiger partial charge is 0.0456 e. The van der Waals surface area contributed by atoms with Gasteiger partial charge < -0.3 is 16.2 Å². The zero-order valence-corrected chi connectivity index (χ0v) is 11.1. The minimum absolute atomic E-state index is 0.176. The second kappa shape index (κ2) is 6.32. The molecule has 0 spiro atoms. The molecule has 100 valence electrons. The molecule has 3 heteroatoms. The van der Waals surface area contributed by atoms with Gasteiger partial charge in [-0.15, -0.1) is 0 Å². The second-order valence-electron chi connectivity index (χ2n) is 5.41. The highest BCUT2D eigenvalue weighted by Gasteiger charge is 2.27. The van der Waals surface area contributed by atoms with Gasteiger partial charge in [0.1, 0.15) is 0 Å². The fourth-order valence-electron chi connectivity index (χ4n) is 2.69. The molecule has 0 saturated heterocycles. The molecule has 18 heavy (non-hydrogen) atoms.